The van der Waals surface area contributed by atoms with E-state index in [9.17, 15) is 9.90 Å². The highest BCUT2D eigenvalue weighted by Gasteiger charge is 2.34. The van der Waals surface area contributed by atoms with E-state index in [-0.39, 0.29) is 30.8 Å². The van der Waals surface area contributed by atoms with Crippen molar-refractivity contribution in [2.24, 2.45) is 0 Å². The van der Waals surface area contributed by atoms with Gasteiger partial charge in [-0.2, -0.15) is 0 Å². The number of ether oxygens (including phenoxy) is 1. The molecule has 2 N–H and O–H groups in total. The first kappa shape index (κ1) is 16.1. The third-order valence-corrected chi connectivity index (χ3v) is 5.53. The number of nitrogens with one attached hydrogen (secondary N) is 1. The molecule has 0 spiro atoms. The Morgan fingerprint density at radius 1 is 1.05 bits per heavy atom. The lowest BCUT2D eigenvalue weighted by Gasteiger charge is -2.35. The Balaban J connectivity index is 1.55. The average Bonchev–Trinajstić information content (AvgIpc) is 3.20. The molecule has 0 aromatic heterocycles. The molecular weight excluding hydrogens is 280 g/mol. The molecule has 5 heteroatoms. The molecule has 126 valence electrons. The van der Waals surface area contributed by atoms with E-state index in [1.807, 2.05) is 0 Å². The average molecular weight is 310 g/mol. The van der Waals surface area contributed by atoms with Gasteiger partial charge in [-0.1, -0.05) is 25.7 Å². The smallest absolute Gasteiger partial charge is 0.318 e. The van der Waals surface area contributed by atoms with Gasteiger partial charge in [0.15, 0.2) is 0 Å². The Bertz CT molecular complexity index is 371. The molecule has 3 unspecified atom stereocenters. The molecule has 0 aromatic rings. The van der Waals surface area contributed by atoms with Crippen LogP contribution < -0.4 is 5.32 Å². The molecule has 1 heterocycles. The maximum atomic E-state index is 12.5. The first-order valence-electron chi connectivity index (χ1n) is 9.11. The summed E-state index contributed by atoms with van der Waals surface area (Å²) in [5, 5.41) is 12.6. The lowest BCUT2D eigenvalue weighted by molar-refractivity contribution is -0.0418. The van der Waals surface area contributed by atoms with Crippen LogP contribution in [0.4, 0.5) is 4.79 Å². The van der Waals surface area contributed by atoms with Crippen LogP contribution in [0.5, 0.6) is 0 Å². The van der Waals surface area contributed by atoms with Crippen molar-refractivity contribution in [3.05, 3.63) is 0 Å². The van der Waals surface area contributed by atoms with E-state index in [1.54, 1.807) is 4.90 Å². The fourth-order valence-corrected chi connectivity index (χ4v) is 4.23. The number of aliphatic hydroxyl groups excluding tert-OH is 1. The molecule has 3 aliphatic rings. The molecule has 22 heavy (non-hydrogen) atoms. The van der Waals surface area contributed by atoms with Crippen LogP contribution in [0, 0.1) is 0 Å². The van der Waals surface area contributed by atoms with Gasteiger partial charge in [0, 0.05) is 6.54 Å². The molecule has 3 fully saturated rings. The number of urea groups is 1. The van der Waals surface area contributed by atoms with Gasteiger partial charge in [-0.15, -0.1) is 0 Å². The molecule has 2 aliphatic carbocycles. The number of nitrogens with zero attached hydrogens (tertiary/aromatic N) is 1. The zero-order valence-electron chi connectivity index (χ0n) is 13.5. The summed E-state index contributed by atoms with van der Waals surface area (Å²) in [6, 6.07) is 0.128. The van der Waals surface area contributed by atoms with E-state index in [1.165, 1.54) is 38.5 Å². The third-order valence-electron chi connectivity index (χ3n) is 5.53. The summed E-state index contributed by atoms with van der Waals surface area (Å²) >= 11 is 0. The molecule has 3 atom stereocenters. The summed E-state index contributed by atoms with van der Waals surface area (Å²) < 4.78 is 6.30. The van der Waals surface area contributed by atoms with Crippen LogP contribution in [0.25, 0.3) is 0 Å². The van der Waals surface area contributed by atoms with Gasteiger partial charge in [-0.05, 0) is 38.5 Å². The highest BCUT2D eigenvalue weighted by molar-refractivity contribution is 5.75. The van der Waals surface area contributed by atoms with Crippen molar-refractivity contribution in [1.82, 2.24) is 10.2 Å². The van der Waals surface area contributed by atoms with Gasteiger partial charge >= 0.3 is 6.03 Å². The number of carbonyl (C=O) groups excluding carboxylic acids is 1. The standard InChI is InChI=1S/C17H30N2O3/c20-12-13-6-5-11-19(13)17(21)18-15-9-3-4-10-16(15)22-14-7-1-2-8-14/h13-16,20H,1-12H2,(H,18,21). The van der Waals surface area contributed by atoms with E-state index in [2.05, 4.69) is 5.32 Å². The second-order valence-corrected chi connectivity index (χ2v) is 7.09. The quantitative estimate of drug-likeness (QED) is 0.838. The Morgan fingerprint density at radius 3 is 2.55 bits per heavy atom. The van der Waals surface area contributed by atoms with E-state index in [0.717, 1.165) is 32.2 Å². The van der Waals surface area contributed by atoms with Crippen molar-refractivity contribution in [3.8, 4) is 0 Å². The van der Waals surface area contributed by atoms with Gasteiger partial charge in [0.1, 0.15) is 0 Å². The second kappa shape index (κ2) is 7.64. The normalized spacial score (nSPS) is 33.3. The molecule has 0 radical (unpaired) electrons. The highest BCUT2D eigenvalue weighted by Crippen LogP contribution is 2.28. The van der Waals surface area contributed by atoms with Gasteiger partial charge in [0.25, 0.3) is 0 Å². The Labute approximate surface area is 133 Å². The largest absolute Gasteiger partial charge is 0.394 e. The highest BCUT2D eigenvalue weighted by atomic mass is 16.5. The maximum Gasteiger partial charge on any atom is 0.318 e. The van der Waals surface area contributed by atoms with E-state index >= 15 is 0 Å². The molecule has 2 amide bonds. The van der Waals surface area contributed by atoms with Crippen LogP contribution in [0.1, 0.15) is 64.2 Å². The zero-order valence-corrected chi connectivity index (χ0v) is 13.5. The van der Waals surface area contributed by atoms with Gasteiger partial charge in [-0.3, -0.25) is 0 Å². The van der Waals surface area contributed by atoms with Crippen LogP contribution in [0.2, 0.25) is 0 Å². The molecule has 5 nitrogen and oxygen atoms in total. The SMILES string of the molecule is O=C(NC1CCCCC1OC1CCCC1)N1CCCC1CO. The van der Waals surface area contributed by atoms with Gasteiger partial charge in [0.05, 0.1) is 30.9 Å². The Hall–Kier alpha value is -0.810. The monoisotopic (exact) mass is 310 g/mol. The van der Waals surface area contributed by atoms with Gasteiger partial charge in [0.2, 0.25) is 0 Å². The minimum atomic E-state index is -0.0107. The molecule has 0 bridgehead atoms. The van der Waals surface area contributed by atoms with Crippen molar-refractivity contribution in [2.75, 3.05) is 13.2 Å². The summed E-state index contributed by atoms with van der Waals surface area (Å²) in [7, 11) is 0. The Morgan fingerprint density at radius 2 is 1.77 bits per heavy atom. The number of aliphatic hydroxyl groups is 1. The molecule has 3 rings (SSSR count). The Kier molecular flexibility index (Phi) is 5.58. The number of hydrogen-bond donors (Lipinski definition) is 2. The topological polar surface area (TPSA) is 61.8 Å². The summed E-state index contributed by atoms with van der Waals surface area (Å²) in [6.07, 6.45) is 11.8. The van der Waals surface area contributed by atoms with Gasteiger partial charge < -0.3 is 20.1 Å². The van der Waals surface area contributed by atoms with Crippen LogP contribution in [-0.2, 0) is 4.74 Å². The number of amides is 2. The van der Waals surface area contributed by atoms with Crippen molar-refractivity contribution in [1.29, 1.82) is 0 Å². The number of likely N-dealkylation sites (tertiary alicyclic amines) is 1. The van der Waals surface area contributed by atoms with E-state index in [4.69, 9.17) is 4.74 Å². The number of hydrogen-bond acceptors (Lipinski definition) is 3. The predicted molar refractivity (Wildman–Crippen MR) is 84.7 cm³/mol. The molecule has 2 saturated carbocycles. The molecule has 0 aromatic carbocycles. The first-order chi connectivity index (χ1) is 10.8. The second-order valence-electron chi connectivity index (χ2n) is 7.09. The summed E-state index contributed by atoms with van der Waals surface area (Å²) in [4.78, 5) is 14.3. The fraction of sp³-hybridized carbons (Fsp3) is 0.941. The predicted octanol–water partition coefficient (Wildman–Crippen LogP) is 2.42. The van der Waals surface area contributed by atoms with Crippen molar-refractivity contribution in [2.45, 2.75) is 88.5 Å². The van der Waals surface area contributed by atoms with E-state index < -0.39 is 0 Å². The number of rotatable bonds is 4. The molecule has 1 saturated heterocycles. The van der Waals surface area contributed by atoms with Crippen molar-refractivity contribution >= 4 is 6.03 Å². The van der Waals surface area contributed by atoms with Crippen molar-refractivity contribution in [3.63, 3.8) is 0 Å². The summed E-state index contributed by atoms with van der Waals surface area (Å²) in [5.74, 6) is 0. The van der Waals surface area contributed by atoms with Crippen LogP contribution in [0.3, 0.4) is 0 Å². The number of carbonyl (C=O) groups is 1. The minimum absolute atomic E-state index is 0.00205. The van der Waals surface area contributed by atoms with Crippen LogP contribution >= 0.6 is 0 Å². The molecule has 1 aliphatic heterocycles. The van der Waals surface area contributed by atoms with Gasteiger partial charge in [-0.25, -0.2) is 4.79 Å². The summed E-state index contributed by atoms with van der Waals surface area (Å²) in [6.45, 7) is 0.831. The summed E-state index contributed by atoms with van der Waals surface area (Å²) in [5.41, 5.74) is 0. The zero-order chi connectivity index (χ0) is 15.4. The lowest BCUT2D eigenvalue weighted by atomic mass is 9.92. The fourth-order valence-electron chi connectivity index (χ4n) is 4.23. The first-order valence-corrected chi connectivity index (χ1v) is 9.11. The van der Waals surface area contributed by atoms with Crippen LogP contribution in [0.15, 0.2) is 0 Å². The molecular formula is C17H30N2O3. The third kappa shape index (κ3) is 3.74. The van der Waals surface area contributed by atoms with Crippen molar-refractivity contribution < 1.29 is 14.6 Å². The lowest BCUT2D eigenvalue weighted by Crippen LogP contribution is -2.53. The maximum absolute atomic E-state index is 12.5. The van der Waals surface area contributed by atoms with E-state index in [0.29, 0.717) is 6.10 Å². The minimum Gasteiger partial charge on any atom is -0.394 e. The van der Waals surface area contributed by atoms with Crippen LogP contribution in [-0.4, -0.2) is 53.5 Å².